The maximum Gasteiger partial charge on any atom is 0.0797 e. The van der Waals surface area contributed by atoms with Gasteiger partial charge in [-0.15, -0.1) is 11.3 Å². The summed E-state index contributed by atoms with van der Waals surface area (Å²) < 4.78 is 5.85. The van der Waals surface area contributed by atoms with E-state index in [0.717, 1.165) is 19.6 Å². The number of hydrogen-bond acceptors (Lipinski definition) is 4. The molecular formula is C15H26N2OS. The third-order valence-electron chi connectivity index (χ3n) is 4.39. The van der Waals surface area contributed by atoms with Crippen LogP contribution in [0.4, 0.5) is 0 Å². The zero-order valence-corrected chi connectivity index (χ0v) is 13.3. The average Bonchev–Trinajstić information content (AvgIpc) is 2.92. The minimum atomic E-state index is 0.292. The van der Waals surface area contributed by atoms with Gasteiger partial charge in [0.25, 0.3) is 0 Å². The van der Waals surface area contributed by atoms with Crippen LogP contribution in [0.3, 0.4) is 0 Å². The summed E-state index contributed by atoms with van der Waals surface area (Å²) in [4.78, 5) is 5.78. The molecular weight excluding hydrogens is 256 g/mol. The Morgan fingerprint density at radius 3 is 2.89 bits per heavy atom. The van der Waals surface area contributed by atoms with Gasteiger partial charge < -0.3 is 10.1 Å². The zero-order valence-electron chi connectivity index (χ0n) is 12.5. The van der Waals surface area contributed by atoms with Crippen LogP contribution in [0.15, 0.2) is 5.51 Å². The van der Waals surface area contributed by atoms with Crippen molar-refractivity contribution in [3.63, 3.8) is 0 Å². The first-order valence-corrected chi connectivity index (χ1v) is 8.15. The highest BCUT2D eigenvalue weighted by Crippen LogP contribution is 2.39. The van der Waals surface area contributed by atoms with Crippen LogP contribution in [0.5, 0.6) is 0 Å². The maximum atomic E-state index is 5.85. The predicted molar refractivity (Wildman–Crippen MR) is 80.8 cm³/mol. The highest BCUT2D eigenvalue weighted by molar-refractivity contribution is 7.09. The van der Waals surface area contributed by atoms with Crippen molar-refractivity contribution < 1.29 is 4.74 Å². The van der Waals surface area contributed by atoms with Crippen LogP contribution in [0.2, 0.25) is 0 Å². The molecule has 0 aliphatic carbocycles. The molecule has 2 atom stereocenters. The van der Waals surface area contributed by atoms with Crippen LogP contribution in [0.25, 0.3) is 0 Å². The fourth-order valence-corrected chi connectivity index (χ4v) is 3.59. The Bertz CT molecular complexity index is 405. The molecule has 1 aromatic rings. The van der Waals surface area contributed by atoms with Crippen LogP contribution in [0, 0.1) is 12.3 Å². The molecule has 1 aromatic heterocycles. The number of nitrogens with one attached hydrogen (secondary N) is 1. The van der Waals surface area contributed by atoms with Gasteiger partial charge in [0.15, 0.2) is 0 Å². The summed E-state index contributed by atoms with van der Waals surface area (Å²) in [5, 5.41) is 3.61. The molecule has 1 N–H and O–H groups in total. The first-order chi connectivity index (χ1) is 9.03. The number of hydrogen-bond donors (Lipinski definition) is 1. The van der Waals surface area contributed by atoms with E-state index in [1.807, 2.05) is 5.51 Å². The molecule has 3 nitrogen and oxygen atoms in total. The Balaban J connectivity index is 2.00. The topological polar surface area (TPSA) is 34.2 Å². The van der Waals surface area contributed by atoms with Crippen molar-refractivity contribution in [3.05, 3.63) is 16.1 Å². The number of thiazole rings is 1. The van der Waals surface area contributed by atoms with Crippen LogP contribution in [-0.2, 0) is 11.2 Å². The van der Waals surface area contributed by atoms with Gasteiger partial charge >= 0.3 is 0 Å². The molecule has 1 saturated heterocycles. The Morgan fingerprint density at radius 1 is 1.58 bits per heavy atom. The van der Waals surface area contributed by atoms with Gasteiger partial charge in [0.2, 0.25) is 0 Å². The third-order valence-corrected chi connectivity index (χ3v) is 5.38. The van der Waals surface area contributed by atoms with Crippen molar-refractivity contribution >= 4 is 11.3 Å². The SMILES string of the molecule is Cc1ncsc1CCC1(CNC(C)C)CCOC1C. The van der Waals surface area contributed by atoms with Gasteiger partial charge in [0.05, 0.1) is 17.3 Å². The lowest BCUT2D eigenvalue weighted by Crippen LogP contribution is -2.42. The number of aromatic nitrogens is 1. The summed E-state index contributed by atoms with van der Waals surface area (Å²) in [7, 11) is 0. The second-order valence-corrected chi connectivity index (χ2v) is 6.96. The molecule has 1 aliphatic heterocycles. The molecule has 0 saturated carbocycles. The van der Waals surface area contributed by atoms with Gasteiger partial charge in [0, 0.05) is 29.5 Å². The lowest BCUT2D eigenvalue weighted by atomic mass is 9.77. The van der Waals surface area contributed by atoms with Crippen molar-refractivity contribution in [2.45, 2.75) is 59.1 Å². The van der Waals surface area contributed by atoms with E-state index < -0.39 is 0 Å². The van der Waals surface area contributed by atoms with Gasteiger partial charge in [-0.3, -0.25) is 0 Å². The van der Waals surface area contributed by atoms with Crippen molar-refractivity contribution in [2.75, 3.05) is 13.2 Å². The fourth-order valence-electron chi connectivity index (χ4n) is 2.80. The van der Waals surface area contributed by atoms with Gasteiger partial charge in [-0.2, -0.15) is 0 Å². The van der Waals surface area contributed by atoms with Crippen molar-refractivity contribution in [1.82, 2.24) is 10.3 Å². The second kappa shape index (κ2) is 6.33. The summed E-state index contributed by atoms with van der Waals surface area (Å²) in [6.45, 7) is 10.7. The lowest BCUT2D eigenvalue weighted by molar-refractivity contribution is 0.0577. The molecule has 0 radical (unpaired) electrons. The molecule has 108 valence electrons. The van der Waals surface area contributed by atoms with Crippen LogP contribution in [0.1, 0.15) is 44.2 Å². The highest BCUT2D eigenvalue weighted by atomic mass is 32.1. The molecule has 0 aromatic carbocycles. The first-order valence-electron chi connectivity index (χ1n) is 7.27. The van der Waals surface area contributed by atoms with E-state index in [2.05, 4.69) is 38.0 Å². The molecule has 0 amide bonds. The standard InChI is InChI=1S/C15H26N2OS/c1-11(2)16-9-15(7-8-18-13(15)4)6-5-14-12(3)17-10-19-14/h10-11,13,16H,5-9H2,1-4H3. The van der Waals surface area contributed by atoms with E-state index in [0.29, 0.717) is 17.6 Å². The summed E-state index contributed by atoms with van der Waals surface area (Å²) in [6, 6.07) is 0.537. The zero-order chi connectivity index (χ0) is 13.9. The van der Waals surface area contributed by atoms with E-state index in [1.54, 1.807) is 11.3 Å². The average molecular weight is 282 g/mol. The predicted octanol–water partition coefficient (Wildman–Crippen LogP) is 3.18. The van der Waals surface area contributed by atoms with E-state index in [9.17, 15) is 0 Å². The van der Waals surface area contributed by atoms with Crippen molar-refractivity contribution in [1.29, 1.82) is 0 Å². The Kier molecular flexibility index (Phi) is 4.98. The summed E-state index contributed by atoms with van der Waals surface area (Å²) in [5.41, 5.74) is 3.45. The number of nitrogens with zero attached hydrogens (tertiary/aromatic N) is 1. The second-order valence-electron chi connectivity index (χ2n) is 6.02. The van der Waals surface area contributed by atoms with Crippen LogP contribution < -0.4 is 5.32 Å². The van der Waals surface area contributed by atoms with E-state index in [-0.39, 0.29) is 0 Å². The van der Waals surface area contributed by atoms with E-state index >= 15 is 0 Å². The van der Waals surface area contributed by atoms with Gasteiger partial charge in [0.1, 0.15) is 0 Å². The molecule has 2 unspecified atom stereocenters. The fraction of sp³-hybridized carbons (Fsp3) is 0.800. The summed E-state index contributed by atoms with van der Waals surface area (Å²) in [6.07, 6.45) is 3.85. The maximum absolute atomic E-state index is 5.85. The third kappa shape index (κ3) is 3.56. The van der Waals surface area contributed by atoms with Crippen molar-refractivity contribution in [2.24, 2.45) is 5.41 Å². The largest absolute Gasteiger partial charge is 0.378 e. The highest BCUT2D eigenvalue weighted by Gasteiger charge is 2.40. The number of rotatable bonds is 6. The van der Waals surface area contributed by atoms with Gasteiger partial charge in [-0.05, 0) is 33.1 Å². The minimum absolute atomic E-state index is 0.292. The molecule has 0 spiro atoms. The Hall–Kier alpha value is -0.450. The quantitative estimate of drug-likeness (QED) is 0.870. The van der Waals surface area contributed by atoms with Crippen molar-refractivity contribution in [3.8, 4) is 0 Å². The van der Waals surface area contributed by atoms with Crippen LogP contribution >= 0.6 is 11.3 Å². The molecule has 1 aliphatic rings. The lowest BCUT2D eigenvalue weighted by Gasteiger charge is -2.33. The molecule has 2 heterocycles. The normalized spacial score (nSPS) is 27.3. The van der Waals surface area contributed by atoms with Gasteiger partial charge in [-0.25, -0.2) is 4.98 Å². The number of ether oxygens (including phenoxy) is 1. The van der Waals surface area contributed by atoms with E-state index in [4.69, 9.17) is 4.74 Å². The van der Waals surface area contributed by atoms with Crippen LogP contribution in [-0.4, -0.2) is 30.3 Å². The molecule has 2 rings (SSSR count). The molecule has 4 heteroatoms. The summed E-state index contributed by atoms with van der Waals surface area (Å²) in [5.74, 6) is 0. The molecule has 19 heavy (non-hydrogen) atoms. The minimum Gasteiger partial charge on any atom is -0.378 e. The molecule has 0 bridgehead atoms. The Labute approximate surface area is 120 Å². The molecule has 1 fully saturated rings. The number of aryl methyl sites for hydroxylation is 2. The van der Waals surface area contributed by atoms with E-state index in [1.165, 1.54) is 23.4 Å². The first kappa shape index (κ1) is 14.9. The Morgan fingerprint density at radius 2 is 2.37 bits per heavy atom. The smallest absolute Gasteiger partial charge is 0.0797 e. The monoisotopic (exact) mass is 282 g/mol. The summed E-state index contributed by atoms with van der Waals surface area (Å²) >= 11 is 1.78. The van der Waals surface area contributed by atoms with Gasteiger partial charge in [-0.1, -0.05) is 13.8 Å².